The molecule has 9 heteroatoms. The lowest BCUT2D eigenvalue weighted by molar-refractivity contribution is -0.376. The second-order valence-electron chi connectivity index (χ2n) is 4.73. The van der Waals surface area contributed by atoms with Gasteiger partial charge in [-0.1, -0.05) is 0 Å². The molecule has 0 aliphatic heterocycles. The lowest BCUT2D eigenvalue weighted by Crippen LogP contribution is -2.54. The molecule has 0 saturated heterocycles. The highest BCUT2D eigenvalue weighted by Gasteiger charge is 2.72. The standard InChI is InChI=1S/C13H12F6O3/c1-6-4-9(10(5-7(6)2)22-8(3)20)11(21,12(14,15)16)13(17,18)19/h4-5,21H,1-3H3. The minimum Gasteiger partial charge on any atom is -0.426 e. The quantitative estimate of drug-likeness (QED) is 0.512. The summed E-state index contributed by atoms with van der Waals surface area (Å²) in [7, 11) is 0. The third kappa shape index (κ3) is 3.03. The van der Waals surface area contributed by atoms with Gasteiger partial charge in [-0.15, -0.1) is 0 Å². The van der Waals surface area contributed by atoms with E-state index in [0.29, 0.717) is 11.6 Å². The van der Waals surface area contributed by atoms with E-state index in [1.54, 1.807) is 0 Å². The first-order valence-corrected chi connectivity index (χ1v) is 5.87. The van der Waals surface area contributed by atoms with E-state index in [-0.39, 0.29) is 5.56 Å². The zero-order valence-electron chi connectivity index (χ0n) is 11.7. The first kappa shape index (κ1) is 18.3. The molecule has 0 aliphatic rings. The molecule has 0 aliphatic carbocycles. The summed E-state index contributed by atoms with van der Waals surface area (Å²) in [6.45, 7) is 3.50. The maximum absolute atomic E-state index is 12.9. The SMILES string of the molecule is CC(=O)Oc1cc(C)c(C)cc1C(O)(C(F)(F)F)C(F)(F)F. The lowest BCUT2D eigenvalue weighted by atomic mass is 9.89. The number of carbonyl (C=O) groups is 1. The van der Waals surface area contributed by atoms with Gasteiger partial charge in [-0.2, -0.15) is 26.3 Å². The van der Waals surface area contributed by atoms with E-state index in [1.807, 2.05) is 0 Å². The summed E-state index contributed by atoms with van der Waals surface area (Å²) in [5.74, 6) is -2.11. The Morgan fingerprint density at radius 2 is 1.41 bits per heavy atom. The molecule has 0 radical (unpaired) electrons. The number of carbonyl (C=O) groups excluding carboxylic acids is 1. The van der Waals surface area contributed by atoms with E-state index < -0.39 is 35.2 Å². The van der Waals surface area contributed by atoms with Crippen LogP contribution in [0.2, 0.25) is 0 Å². The largest absolute Gasteiger partial charge is 0.430 e. The summed E-state index contributed by atoms with van der Waals surface area (Å²) in [6, 6.07) is 1.35. The number of benzene rings is 1. The molecular formula is C13H12F6O3. The number of hydrogen-bond acceptors (Lipinski definition) is 3. The number of aliphatic hydroxyl groups is 1. The number of hydrogen-bond donors (Lipinski definition) is 1. The number of aryl methyl sites for hydroxylation is 2. The van der Waals surface area contributed by atoms with Crippen molar-refractivity contribution < 1.29 is 41.0 Å². The number of rotatable bonds is 2. The van der Waals surface area contributed by atoms with Crippen molar-refractivity contribution >= 4 is 5.97 Å². The molecule has 0 bridgehead atoms. The molecule has 0 unspecified atom stereocenters. The molecule has 0 aromatic heterocycles. The number of halogens is 6. The molecule has 124 valence electrons. The Hall–Kier alpha value is -1.77. The second-order valence-corrected chi connectivity index (χ2v) is 4.73. The first-order chi connectivity index (χ1) is 9.71. The Balaban J connectivity index is 3.76. The smallest absolute Gasteiger partial charge is 0.426 e. The van der Waals surface area contributed by atoms with Crippen LogP contribution in [0.5, 0.6) is 5.75 Å². The van der Waals surface area contributed by atoms with Gasteiger partial charge < -0.3 is 9.84 Å². The number of alkyl halides is 6. The maximum Gasteiger partial charge on any atom is 0.430 e. The van der Waals surface area contributed by atoms with Gasteiger partial charge in [-0.3, -0.25) is 4.79 Å². The van der Waals surface area contributed by atoms with Gasteiger partial charge in [0.2, 0.25) is 0 Å². The highest BCUT2D eigenvalue weighted by atomic mass is 19.4. The Morgan fingerprint density at radius 1 is 1.00 bits per heavy atom. The molecule has 1 aromatic rings. The van der Waals surface area contributed by atoms with Crippen LogP contribution >= 0.6 is 0 Å². The van der Waals surface area contributed by atoms with Crippen molar-refractivity contribution in [3.63, 3.8) is 0 Å². The molecule has 1 aromatic carbocycles. The summed E-state index contributed by atoms with van der Waals surface area (Å²) in [4.78, 5) is 10.9. The highest BCUT2D eigenvalue weighted by molar-refractivity contribution is 5.70. The minimum atomic E-state index is -6.05. The van der Waals surface area contributed by atoms with E-state index in [0.717, 1.165) is 13.0 Å². The zero-order chi connectivity index (χ0) is 17.5. The number of ether oxygens (including phenoxy) is 1. The third-order valence-corrected chi connectivity index (χ3v) is 3.06. The van der Waals surface area contributed by atoms with Gasteiger partial charge in [-0.25, -0.2) is 0 Å². The van der Waals surface area contributed by atoms with Crippen molar-refractivity contribution in [1.82, 2.24) is 0 Å². The molecule has 22 heavy (non-hydrogen) atoms. The fourth-order valence-corrected chi connectivity index (χ4v) is 1.78. The van der Waals surface area contributed by atoms with Gasteiger partial charge in [0.1, 0.15) is 5.75 Å². The van der Waals surface area contributed by atoms with Gasteiger partial charge in [0.25, 0.3) is 5.60 Å². The van der Waals surface area contributed by atoms with Crippen molar-refractivity contribution in [1.29, 1.82) is 0 Å². The van der Waals surface area contributed by atoms with E-state index in [9.17, 15) is 36.2 Å². The average molecular weight is 330 g/mol. The summed E-state index contributed by atoms with van der Waals surface area (Å²) in [6.07, 6.45) is -12.1. The summed E-state index contributed by atoms with van der Waals surface area (Å²) in [5.41, 5.74) is -6.36. The fraction of sp³-hybridized carbons (Fsp3) is 0.462. The average Bonchev–Trinajstić information content (AvgIpc) is 2.29. The van der Waals surface area contributed by atoms with Crippen LogP contribution < -0.4 is 4.74 Å². The van der Waals surface area contributed by atoms with Gasteiger partial charge in [0.05, 0.1) is 0 Å². The molecule has 0 spiro atoms. The van der Waals surface area contributed by atoms with Crippen LogP contribution in [0, 0.1) is 13.8 Å². The predicted octanol–water partition coefficient (Wildman–Crippen LogP) is 3.54. The summed E-state index contributed by atoms with van der Waals surface area (Å²) < 4.78 is 82.0. The summed E-state index contributed by atoms with van der Waals surface area (Å²) in [5, 5.41) is 9.42. The molecule has 0 heterocycles. The Kier molecular flexibility index (Phi) is 4.53. The molecule has 3 nitrogen and oxygen atoms in total. The monoisotopic (exact) mass is 330 g/mol. The number of esters is 1. The molecule has 0 atom stereocenters. The van der Waals surface area contributed by atoms with Gasteiger partial charge in [-0.05, 0) is 37.1 Å². The van der Waals surface area contributed by atoms with Gasteiger partial charge in [0, 0.05) is 12.5 Å². The molecule has 0 fully saturated rings. The minimum absolute atomic E-state index is 0.0674. The van der Waals surface area contributed by atoms with Crippen LogP contribution in [0.4, 0.5) is 26.3 Å². The van der Waals surface area contributed by atoms with Gasteiger partial charge >= 0.3 is 18.3 Å². The van der Waals surface area contributed by atoms with Crippen molar-refractivity contribution in [2.24, 2.45) is 0 Å². The van der Waals surface area contributed by atoms with E-state index >= 15 is 0 Å². The van der Waals surface area contributed by atoms with Crippen LogP contribution in [-0.2, 0) is 10.4 Å². The Labute approximate surface area is 121 Å². The molecular weight excluding hydrogens is 318 g/mol. The highest BCUT2D eigenvalue weighted by Crippen LogP contribution is 2.52. The molecule has 0 amide bonds. The van der Waals surface area contributed by atoms with Crippen molar-refractivity contribution in [2.45, 2.75) is 38.7 Å². The maximum atomic E-state index is 12.9. The van der Waals surface area contributed by atoms with Crippen molar-refractivity contribution in [2.75, 3.05) is 0 Å². The third-order valence-electron chi connectivity index (χ3n) is 3.06. The van der Waals surface area contributed by atoms with E-state index in [2.05, 4.69) is 4.74 Å². The normalized spacial score (nSPS) is 13.2. The van der Waals surface area contributed by atoms with Crippen LogP contribution in [0.15, 0.2) is 12.1 Å². The zero-order valence-corrected chi connectivity index (χ0v) is 11.7. The van der Waals surface area contributed by atoms with Crippen LogP contribution in [0.25, 0.3) is 0 Å². The van der Waals surface area contributed by atoms with Crippen molar-refractivity contribution in [3.8, 4) is 5.75 Å². The van der Waals surface area contributed by atoms with E-state index in [1.165, 1.54) is 13.8 Å². The second kappa shape index (κ2) is 5.45. The van der Waals surface area contributed by atoms with Crippen LogP contribution in [0.3, 0.4) is 0 Å². The lowest BCUT2D eigenvalue weighted by Gasteiger charge is -2.33. The van der Waals surface area contributed by atoms with Crippen LogP contribution in [0.1, 0.15) is 23.6 Å². The van der Waals surface area contributed by atoms with Crippen LogP contribution in [-0.4, -0.2) is 23.4 Å². The van der Waals surface area contributed by atoms with E-state index in [4.69, 9.17) is 0 Å². The molecule has 1 N–H and O–H groups in total. The van der Waals surface area contributed by atoms with Crippen molar-refractivity contribution in [3.05, 3.63) is 28.8 Å². The van der Waals surface area contributed by atoms with Gasteiger partial charge in [0.15, 0.2) is 0 Å². The summed E-state index contributed by atoms with van der Waals surface area (Å²) >= 11 is 0. The fourth-order valence-electron chi connectivity index (χ4n) is 1.78. The first-order valence-electron chi connectivity index (χ1n) is 5.87. The predicted molar refractivity (Wildman–Crippen MR) is 63.2 cm³/mol. The Bertz CT molecular complexity index is 575. The Morgan fingerprint density at radius 3 is 1.77 bits per heavy atom. The molecule has 1 rings (SSSR count). The molecule has 0 saturated carbocycles. The topological polar surface area (TPSA) is 46.5 Å².